The summed E-state index contributed by atoms with van der Waals surface area (Å²) in [7, 11) is 0. The summed E-state index contributed by atoms with van der Waals surface area (Å²) in [6.45, 7) is 0.775. The van der Waals surface area contributed by atoms with E-state index in [0.717, 1.165) is 6.42 Å². The molecule has 0 heterocycles. The van der Waals surface area contributed by atoms with E-state index in [1.165, 1.54) is 0 Å². The summed E-state index contributed by atoms with van der Waals surface area (Å²) in [5.41, 5.74) is -1.39. The molecular weight excluding hydrogens is 235 g/mol. The number of hydrogen-bond donors (Lipinski definition) is 2. The highest BCUT2D eigenvalue weighted by molar-refractivity contribution is 5.78. The van der Waals surface area contributed by atoms with E-state index in [1.54, 1.807) is 0 Å². The van der Waals surface area contributed by atoms with Crippen LogP contribution in [0, 0.1) is 5.92 Å². The average Bonchev–Trinajstić information content (AvgIpc) is 2.26. The Morgan fingerprint density at radius 3 is 2.29 bits per heavy atom. The predicted octanol–water partition coefficient (Wildman–Crippen LogP) is 2.56. The molecule has 0 aromatic carbocycles. The fourth-order valence-corrected chi connectivity index (χ4v) is 2.31. The number of carboxylic acid groups (broad SMARTS) is 1. The Morgan fingerprint density at radius 2 is 1.94 bits per heavy atom. The van der Waals surface area contributed by atoms with Gasteiger partial charge in [-0.25, -0.2) is 0 Å². The van der Waals surface area contributed by atoms with Gasteiger partial charge in [-0.15, -0.1) is 0 Å². The monoisotopic (exact) mass is 253 g/mol. The van der Waals surface area contributed by atoms with E-state index in [1.807, 2.05) is 6.92 Å². The van der Waals surface area contributed by atoms with Crippen LogP contribution in [0.25, 0.3) is 0 Å². The van der Waals surface area contributed by atoms with Gasteiger partial charge in [0.15, 0.2) is 0 Å². The largest absolute Gasteiger partial charge is 0.480 e. The summed E-state index contributed by atoms with van der Waals surface area (Å²) in [4.78, 5) is 11.2. The second-order valence-corrected chi connectivity index (χ2v) is 4.71. The normalized spacial score (nSPS) is 30.2. The van der Waals surface area contributed by atoms with Gasteiger partial charge in [0.25, 0.3) is 0 Å². The first-order valence-corrected chi connectivity index (χ1v) is 5.84. The van der Waals surface area contributed by atoms with Crippen molar-refractivity contribution < 1.29 is 23.1 Å². The van der Waals surface area contributed by atoms with Gasteiger partial charge in [-0.2, -0.15) is 13.2 Å². The highest BCUT2D eigenvalue weighted by atomic mass is 19.4. The SMILES string of the molecule is CCC1CCC(NCC(F)(F)F)(C(=O)O)CC1. The Balaban J connectivity index is 2.62. The van der Waals surface area contributed by atoms with Crippen LogP contribution >= 0.6 is 0 Å². The van der Waals surface area contributed by atoms with E-state index in [0.29, 0.717) is 18.8 Å². The van der Waals surface area contributed by atoms with Gasteiger partial charge < -0.3 is 5.11 Å². The molecule has 3 nitrogen and oxygen atoms in total. The van der Waals surface area contributed by atoms with Crippen LogP contribution in [0.2, 0.25) is 0 Å². The number of carboxylic acids is 1. The fraction of sp³-hybridized carbons (Fsp3) is 0.909. The first-order chi connectivity index (χ1) is 7.79. The Hall–Kier alpha value is -0.780. The van der Waals surface area contributed by atoms with Gasteiger partial charge in [-0.05, 0) is 31.6 Å². The lowest BCUT2D eigenvalue weighted by Gasteiger charge is -2.37. The van der Waals surface area contributed by atoms with Crippen molar-refractivity contribution in [2.24, 2.45) is 5.92 Å². The van der Waals surface area contributed by atoms with Crippen LogP contribution in [0.3, 0.4) is 0 Å². The van der Waals surface area contributed by atoms with E-state index >= 15 is 0 Å². The molecule has 0 aromatic rings. The molecule has 0 amide bonds. The van der Waals surface area contributed by atoms with Crippen LogP contribution < -0.4 is 5.32 Å². The molecule has 100 valence electrons. The van der Waals surface area contributed by atoms with Crippen molar-refractivity contribution in [3.05, 3.63) is 0 Å². The first-order valence-electron chi connectivity index (χ1n) is 5.84. The third-order valence-corrected chi connectivity index (χ3v) is 3.57. The van der Waals surface area contributed by atoms with Crippen molar-refractivity contribution in [2.75, 3.05) is 6.54 Å². The average molecular weight is 253 g/mol. The molecule has 0 bridgehead atoms. The molecule has 0 radical (unpaired) electrons. The zero-order valence-corrected chi connectivity index (χ0v) is 9.81. The summed E-state index contributed by atoms with van der Waals surface area (Å²) >= 11 is 0. The van der Waals surface area contributed by atoms with Crippen molar-refractivity contribution >= 4 is 5.97 Å². The topological polar surface area (TPSA) is 49.3 Å². The quantitative estimate of drug-likeness (QED) is 0.809. The first kappa shape index (κ1) is 14.3. The van der Waals surface area contributed by atoms with Gasteiger partial charge in [0.2, 0.25) is 0 Å². The highest BCUT2D eigenvalue weighted by Crippen LogP contribution is 2.34. The lowest BCUT2D eigenvalue weighted by Crippen LogP contribution is -2.56. The number of alkyl halides is 3. The molecule has 0 saturated heterocycles. The zero-order chi connectivity index (χ0) is 13.1. The summed E-state index contributed by atoms with van der Waals surface area (Å²) in [5, 5.41) is 11.3. The second kappa shape index (κ2) is 5.25. The van der Waals surface area contributed by atoms with Crippen molar-refractivity contribution in [2.45, 2.75) is 50.7 Å². The number of halogens is 3. The lowest BCUT2D eigenvalue weighted by molar-refractivity contribution is -0.152. The lowest BCUT2D eigenvalue weighted by atomic mass is 9.75. The molecule has 1 aliphatic carbocycles. The molecule has 0 aliphatic heterocycles. The van der Waals surface area contributed by atoms with E-state index in [-0.39, 0.29) is 12.8 Å². The fourth-order valence-electron chi connectivity index (χ4n) is 2.31. The van der Waals surface area contributed by atoms with E-state index < -0.39 is 24.2 Å². The van der Waals surface area contributed by atoms with E-state index in [4.69, 9.17) is 5.11 Å². The predicted molar refractivity (Wildman–Crippen MR) is 56.7 cm³/mol. The molecule has 17 heavy (non-hydrogen) atoms. The summed E-state index contributed by atoms with van der Waals surface area (Å²) in [6, 6.07) is 0. The summed E-state index contributed by atoms with van der Waals surface area (Å²) in [5.74, 6) is -0.730. The molecule has 1 saturated carbocycles. The molecule has 1 fully saturated rings. The zero-order valence-electron chi connectivity index (χ0n) is 9.81. The Morgan fingerprint density at radius 1 is 1.41 bits per heavy atom. The van der Waals surface area contributed by atoms with Gasteiger partial charge in [0, 0.05) is 0 Å². The molecule has 1 aliphatic rings. The maximum atomic E-state index is 12.1. The van der Waals surface area contributed by atoms with Crippen molar-refractivity contribution in [1.29, 1.82) is 0 Å². The van der Waals surface area contributed by atoms with Crippen LogP contribution in [0.1, 0.15) is 39.0 Å². The number of aliphatic carboxylic acids is 1. The van der Waals surface area contributed by atoms with Crippen LogP contribution in [0.15, 0.2) is 0 Å². The Bertz CT molecular complexity index is 270. The molecule has 2 N–H and O–H groups in total. The van der Waals surface area contributed by atoms with Gasteiger partial charge in [-0.1, -0.05) is 13.3 Å². The maximum absolute atomic E-state index is 12.1. The molecule has 6 heteroatoms. The number of carbonyl (C=O) groups is 1. The number of rotatable bonds is 4. The van der Waals surface area contributed by atoms with Crippen molar-refractivity contribution in [3.63, 3.8) is 0 Å². The van der Waals surface area contributed by atoms with Gasteiger partial charge >= 0.3 is 12.1 Å². The van der Waals surface area contributed by atoms with Gasteiger partial charge in [0.1, 0.15) is 5.54 Å². The molecule has 1 rings (SSSR count). The molecular formula is C11H18F3NO2. The third kappa shape index (κ3) is 3.87. The Labute approximate surface area is 98.4 Å². The standard InChI is InChI=1S/C11H18F3NO2/c1-2-8-3-5-10(6-4-8,9(16)17)15-7-11(12,13)14/h8,15H,2-7H2,1H3,(H,16,17). The van der Waals surface area contributed by atoms with Crippen LogP contribution in [-0.4, -0.2) is 29.3 Å². The van der Waals surface area contributed by atoms with Gasteiger partial charge in [0.05, 0.1) is 6.54 Å². The van der Waals surface area contributed by atoms with Crippen molar-refractivity contribution in [1.82, 2.24) is 5.32 Å². The second-order valence-electron chi connectivity index (χ2n) is 4.71. The molecule has 0 aromatic heterocycles. The molecule has 0 spiro atoms. The molecule has 0 atom stereocenters. The number of hydrogen-bond acceptors (Lipinski definition) is 2. The molecule has 0 unspecified atom stereocenters. The maximum Gasteiger partial charge on any atom is 0.401 e. The van der Waals surface area contributed by atoms with E-state index in [2.05, 4.69) is 5.32 Å². The third-order valence-electron chi connectivity index (χ3n) is 3.57. The van der Waals surface area contributed by atoms with E-state index in [9.17, 15) is 18.0 Å². The highest BCUT2D eigenvalue weighted by Gasteiger charge is 2.43. The van der Waals surface area contributed by atoms with Crippen LogP contribution in [-0.2, 0) is 4.79 Å². The minimum absolute atomic E-state index is 0.275. The summed E-state index contributed by atoms with van der Waals surface area (Å²) < 4.78 is 36.4. The minimum atomic E-state index is -4.37. The number of nitrogens with one attached hydrogen (secondary N) is 1. The minimum Gasteiger partial charge on any atom is -0.480 e. The smallest absolute Gasteiger partial charge is 0.401 e. The van der Waals surface area contributed by atoms with Crippen LogP contribution in [0.5, 0.6) is 0 Å². The van der Waals surface area contributed by atoms with Gasteiger partial charge in [-0.3, -0.25) is 10.1 Å². The van der Waals surface area contributed by atoms with Crippen LogP contribution in [0.4, 0.5) is 13.2 Å². The Kier molecular flexibility index (Phi) is 4.41. The summed E-state index contributed by atoms with van der Waals surface area (Å²) in [6.07, 6.45) is -1.52. The van der Waals surface area contributed by atoms with Crippen molar-refractivity contribution in [3.8, 4) is 0 Å².